The van der Waals surface area contributed by atoms with Crippen LogP contribution in [0.4, 0.5) is 0 Å². The second-order valence-corrected chi connectivity index (χ2v) is 6.72. The lowest BCUT2D eigenvalue weighted by atomic mass is 10.0. The Kier molecular flexibility index (Phi) is 4.71. The summed E-state index contributed by atoms with van der Waals surface area (Å²) in [7, 11) is 3.83. The predicted octanol–water partition coefficient (Wildman–Crippen LogP) is 1.93. The third-order valence-electron chi connectivity index (χ3n) is 4.54. The molecule has 1 saturated heterocycles. The zero-order valence-electron chi connectivity index (χ0n) is 14.7. The van der Waals surface area contributed by atoms with Crippen molar-refractivity contribution < 1.29 is 9.53 Å². The van der Waals surface area contributed by atoms with Crippen LogP contribution in [-0.4, -0.2) is 37.9 Å². The van der Waals surface area contributed by atoms with E-state index in [9.17, 15) is 4.79 Å². The number of aryl methyl sites for hydroxylation is 2. The van der Waals surface area contributed by atoms with Crippen LogP contribution in [0.15, 0.2) is 18.6 Å². The summed E-state index contributed by atoms with van der Waals surface area (Å²) in [5.41, 5.74) is 2.57. The van der Waals surface area contributed by atoms with Gasteiger partial charge in [-0.2, -0.15) is 5.10 Å². The molecule has 1 fully saturated rings. The first-order valence-corrected chi connectivity index (χ1v) is 8.38. The molecule has 2 unspecified atom stereocenters. The van der Waals surface area contributed by atoms with E-state index in [4.69, 9.17) is 4.74 Å². The van der Waals surface area contributed by atoms with Gasteiger partial charge in [0.25, 0.3) is 5.91 Å². The molecule has 0 bridgehead atoms. The Morgan fingerprint density at radius 2 is 2.21 bits per heavy atom. The van der Waals surface area contributed by atoms with Gasteiger partial charge in [-0.1, -0.05) is 13.8 Å². The van der Waals surface area contributed by atoms with Crippen molar-refractivity contribution in [1.29, 1.82) is 0 Å². The quantitative estimate of drug-likeness (QED) is 0.929. The van der Waals surface area contributed by atoms with Crippen molar-refractivity contribution in [3.05, 3.63) is 35.7 Å². The molecule has 24 heavy (non-hydrogen) atoms. The van der Waals surface area contributed by atoms with Gasteiger partial charge in [-0.25, -0.2) is 4.98 Å². The Morgan fingerprint density at radius 1 is 1.42 bits per heavy atom. The van der Waals surface area contributed by atoms with Crippen LogP contribution in [0.2, 0.25) is 0 Å². The highest BCUT2D eigenvalue weighted by Gasteiger charge is 2.27. The van der Waals surface area contributed by atoms with E-state index in [-0.39, 0.29) is 18.1 Å². The Labute approximate surface area is 142 Å². The van der Waals surface area contributed by atoms with Crippen LogP contribution >= 0.6 is 0 Å². The summed E-state index contributed by atoms with van der Waals surface area (Å²) < 4.78 is 9.58. The molecular weight excluding hydrogens is 306 g/mol. The summed E-state index contributed by atoms with van der Waals surface area (Å²) >= 11 is 0. The third kappa shape index (κ3) is 3.36. The first-order valence-electron chi connectivity index (χ1n) is 8.38. The average molecular weight is 331 g/mol. The molecule has 7 heteroatoms. The van der Waals surface area contributed by atoms with Crippen molar-refractivity contribution in [2.75, 3.05) is 6.61 Å². The monoisotopic (exact) mass is 331 g/mol. The summed E-state index contributed by atoms with van der Waals surface area (Å²) in [5.74, 6) is 0.217. The molecule has 0 radical (unpaired) electrons. The number of amides is 1. The molecule has 0 spiro atoms. The van der Waals surface area contributed by atoms with Crippen molar-refractivity contribution in [3.63, 3.8) is 0 Å². The molecule has 1 amide bonds. The minimum atomic E-state index is -0.117. The van der Waals surface area contributed by atoms with Gasteiger partial charge in [-0.3, -0.25) is 9.48 Å². The zero-order valence-corrected chi connectivity index (χ0v) is 14.7. The van der Waals surface area contributed by atoms with E-state index >= 15 is 0 Å². The van der Waals surface area contributed by atoms with Gasteiger partial charge in [0.05, 0.1) is 18.2 Å². The lowest BCUT2D eigenvalue weighted by Crippen LogP contribution is -2.40. The lowest BCUT2D eigenvalue weighted by Gasteiger charge is -2.30. The van der Waals surface area contributed by atoms with Crippen molar-refractivity contribution in [2.24, 2.45) is 14.1 Å². The van der Waals surface area contributed by atoms with Crippen LogP contribution in [-0.2, 0) is 18.8 Å². The summed E-state index contributed by atoms with van der Waals surface area (Å²) in [4.78, 5) is 16.7. The average Bonchev–Trinajstić information content (AvgIpc) is 3.13. The topological polar surface area (TPSA) is 74.0 Å². The fraction of sp³-hybridized carbons (Fsp3) is 0.588. The number of aromatic nitrogens is 4. The highest BCUT2D eigenvalue weighted by molar-refractivity contribution is 5.92. The molecule has 3 rings (SSSR count). The van der Waals surface area contributed by atoms with Gasteiger partial charge >= 0.3 is 0 Å². The van der Waals surface area contributed by atoms with Crippen LogP contribution in [0.3, 0.4) is 0 Å². The first-order chi connectivity index (χ1) is 11.5. The van der Waals surface area contributed by atoms with Gasteiger partial charge in [0.2, 0.25) is 0 Å². The largest absolute Gasteiger partial charge is 0.372 e. The van der Waals surface area contributed by atoms with Gasteiger partial charge < -0.3 is 14.6 Å². The smallest absolute Gasteiger partial charge is 0.272 e. The zero-order chi connectivity index (χ0) is 17.3. The van der Waals surface area contributed by atoms with Gasteiger partial charge in [-0.15, -0.1) is 0 Å². The van der Waals surface area contributed by atoms with E-state index in [0.717, 1.165) is 24.2 Å². The van der Waals surface area contributed by atoms with Crippen molar-refractivity contribution in [1.82, 2.24) is 24.6 Å². The maximum absolute atomic E-state index is 12.5. The standard InChI is InChI=1S/C17H25N5O2/c1-11(2)14-8-13(20-22(14)4)17(23)19-12-5-6-24-16(7-12)15-9-18-10-21(15)3/h8-12,16H,5-7H2,1-4H3,(H,19,23). The van der Waals surface area contributed by atoms with Gasteiger partial charge in [-0.05, 0) is 24.8 Å². The molecular formula is C17H25N5O2. The van der Waals surface area contributed by atoms with Gasteiger partial charge in [0.15, 0.2) is 0 Å². The van der Waals surface area contributed by atoms with E-state index in [1.807, 2.05) is 30.9 Å². The summed E-state index contributed by atoms with van der Waals surface area (Å²) in [5, 5.41) is 7.44. The number of hydrogen-bond acceptors (Lipinski definition) is 4. The highest BCUT2D eigenvalue weighted by Crippen LogP contribution is 2.27. The molecule has 2 aromatic rings. The minimum absolute atomic E-state index is 0.0356. The Bertz CT molecular complexity index is 718. The maximum atomic E-state index is 12.5. The molecule has 0 saturated carbocycles. The second kappa shape index (κ2) is 6.76. The molecule has 0 aliphatic carbocycles. The van der Waals surface area contributed by atoms with E-state index < -0.39 is 0 Å². The molecule has 1 aliphatic heterocycles. The molecule has 2 aromatic heterocycles. The van der Waals surface area contributed by atoms with Gasteiger partial charge in [0.1, 0.15) is 11.8 Å². The van der Waals surface area contributed by atoms with Crippen LogP contribution in [0.25, 0.3) is 0 Å². The van der Waals surface area contributed by atoms with Crippen LogP contribution in [0.1, 0.15) is 60.6 Å². The molecule has 130 valence electrons. The highest BCUT2D eigenvalue weighted by atomic mass is 16.5. The van der Waals surface area contributed by atoms with Crippen LogP contribution in [0.5, 0.6) is 0 Å². The molecule has 2 atom stereocenters. The molecule has 7 nitrogen and oxygen atoms in total. The second-order valence-electron chi connectivity index (χ2n) is 6.72. The number of nitrogens with zero attached hydrogens (tertiary/aromatic N) is 4. The number of carbonyl (C=O) groups excluding carboxylic acids is 1. The number of nitrogens with one attached hydrogen (secondary N) is 1. The van der Waals surface area contributed by atoms with Gasteiger partial charge in [0, 0.05) is 32.4 Å². The molecule has 1 N–H and O–H groups in total. The third-order valence-corrected chi connectivity index (χ3v) is 4.54. The number of rotatable bonds is 4. The number of ether oxygens (including phenoxy) is 1. The van der Waals surface area contributed by atoms with E-state index in [0.29, 0.717) is 18.2 Å². The van der Waals surface area contributed by atoms with E-state index in [1.54, 1.807) is 11.0 Å². The van der Waals surface area contributed by atoms with Crippen molar-refractivity contribution >= 4 is 5.91 Å². The fourth-order valence-corrected chi connectivity index (χ4v) is 3.20. The predicted molar refractivity (Wildman–Crippen MR) is 89.7 cm³/mol. The van der Waals surface area contributed by atoms with Crippen LogP contribution < -0.4 is 5.32 Å². The number of hydrogen-bond donors (Lipinski definition) is 1. The number of imidazole rings is 1. The van der Waals surface area contributed by atoms with Crippen molar-refractivity contribution in [3.8, 4) is 0 Å². The Morgan fingerprint density at radius 3 is 2.83 bits per heavy atom. The fourth-order valence-electron chi connectivity index (χ4n) is 3.20. The molecule has 1 aliphatic rings. The summed E-state index contributed by atoms with van der Waals surface area (Å²) in [6, 6.07) is 1.95. The SMILES string of the molecule is CC(C)c1cc(C(=O)NC2CCOC(c3cncn3C)C2)nn1C. The van der Waals surface area contributed by atoms with Crippen LogP contribution in [0, 0.1) is 0 Å². The maximum Gasteiger partial charge on any atom is 0.272 e. The lowest BCUT2D eigenvalue weighted by molar-refractivity contribution is -0.00305. The Hall–Kier alpha value is -2.15. The van der Waals surface area contributed by atoms with E-state index in [2.05, 4.69) is 29.2 Å². The normalized spacial score (nSPS) is 21.2. The molecule has 0 aromatic carbocycles. The number of carbonyl (C=O) groups is 1. The minimum Gasteiger partial charge on any atom is -0.372 e. The van der Waals surface area contributed by atoms with Crippen molar-refractivity contribution in [2.45, 2.75) is 44.8 Å². The van der Waals surface area contributed by atoms with E-state index in [1.165, 1.54) is 0 Å². The molecule has 3 heterocycles. The Balaban J connectivity index is 1.66. The first kappa shape index (κ1) is 16.7. The summed E-state index contributed by atoms with van der Waals surface area (Å²) in [6.07, 6.45) is 5.11. The summed E-state index contributed by atoms with van der Waals surface area (Å²) in [6.45, 7) is 4.81.